The van der Waals surface area contributed by atoms with Crippen LogP contribution in [0.25, 0.3) is 0 Å². The molecule has 1 aromatic rings. The van der Waals surface area contributed by atoms with Crippen LogP contribution in [0.3, 0.4) is 0 Å². The summed E-state index contributed by atoms with van der Waals surface area (Å²) in [4.78, 5) is 5.48. The van der Waals surface area contributed by atoms with Crippen molar-refractivity contribution in [2.24, 2.45) is 23.2 Å². The Kier molecular flexibility index (Phi) is 2.82. The first kappa shape index (κ1) is 13.7. The first-order valence-electron chi connectivity index (χ1n) is 6.96. The van der Waals surface area contributed by atoms with Crippen LogP contribution in [0, 0.1) is 23.2 Å². The molecule has 0 bridgehead atoms. The van der Waals surface area contributed by atoms with E-state index in [0.29, 0.717) is 28.9 Å². The second kappa shape index (κ2) is 4.12. The summed E-state index contributed by atoms with van der Waals surface area (Å²) in [6.45, 7) is 8.47. The van der Waals surface area contributed by atoms with Crippen LogP contribution in [-0.2, 0) is 6.18 Å². The fourth-order valence-electron chi connectivity index (χ4n) is 3.79. The lowest BCUT2D eigenvalue weighted by Crippen LogP contribution is -2.27. The minimum absolute atomic E-state index is 0.302. The molecule has 3 rings (SSSR count). The van der Waals surface area contributed by atoms with Crippen molar-refractivity contribution in [2.45, 2.75) is 26.9 Å². The van der Waals surface area contributed by atoms with Crippen molar-refractivity contribution in [3.05, 3.63) is 24.0 Å². The van der Waals surface area contributed by atoms with Crippen LogP contribution >= 0.6 is 0 Å². The van der Waals surface area contributed by atoms with E-state index >= 15 is 0 Å². The number of nitrogens with zero attached hydrogens (tertiary/aromatic N) is 2. The molecule has 0 N–H and O–H groups in total. The van der Waals surface area contributed by atoms with Crippen molar-refractivity contribution >= 4 is 5.69 Å². The van der Waals surface area contributed by atoms with Crippen molar-refractivity contribution in [1.82, 2.24) is 4.98 Å². The molecule has 1 aromatic heterocycles. The molecule has 2 fully saturated rings. The highest BCUT2D eigenvalue weighted by atomic mass is 19.4. The van der Waals surface area contributed by atoms with E-state index in [1.807, 2.05) is 0 Å². The Morgan fingerprint density at radius 1 is 1.15 bits per heavy atom. The summed E-state index contributed by atoms with van der Waals surface area (Å²) in [5.74, 6) is 1.98. The molecule has 1 saturated heterocycles. The molecule has 2 aliphatic rings. The van der Waals surface area contributed by atoms with Gasteiger partial charge in [0.15, 0.2) is 0 Å². The Balaban J connectivity index is 1.72. The van der Waals surface area contributed by atoms with Gasteiger partial charge in [0, 0.05) is 25.0 Å². The molecule has 0 radical (unpaired) electrons. The molecule has 20 heavy (non-hydrogen) atoms. The van der Waals surface area contributed by atoms with Gasteiger partial charge in [-0.1, -0.05) is 20.8 Å². The number of hydrogen-bond donors (Lipinski definition) is 0. The van der Waals surface area contributed by atoms with Gasteiger partial charge in [-0.05, 0) is 35.3 Å². The van der Waals surface area contributed by atoms with Crippen LogP contribution in [0.5, 0.6) is 0 Å². The van der Waals surface area contributed by atoms with Crippen molar-refractivity contribution in [3.63, 3.8) is 0 Å². The molecule has 2 nitrogen and oxygen atoms in total. The van der Waals surface area contributed by atoms with Gasteiger partial charge in [0.2, 0.25) is 0 Å². The third kappa shape index (κ3) is 2.27. The minimum atomic E-state index is -4.37. The van der Waals surface area contributed by atoms with Crippen LogP contribution in [0.1, 0.15) is 26.5 Å². The molecule has 2 heterocycles. The number of alkyl halides is 3. The Morgan fingerprint density at radius 2 is 1.75 bits per heavy atom. The molecule has 2 atom stereocenters. The van der Waals surface area contributed by atoms with Gasteiger partial charge in [0.25, 0.3) is 0 Å². The van der Waals surface area contributed by atoms with Crippen molar-refractivity contribution in [1.29, 1.82) is 0 Å². The molecule has 0 amide bonds. The van der Waals surface area contributed by atoms with E-state index in [2.05, 4.69) is 30.7 Å². The van der Waals surface area contributed by atoms with Gasteiger partial charge in [-0.2, -0.15) is 13.2 Å². The predicted octanol–water partition coefficient (Wildman–Crippen LogP) is 3.83. The summed E-state index contributed by atoms with van der Waals surface area (Å²) >= 11 is 0. The lowest BCUT2D eigenvalue weighted by molar-refractivity contribution is -0.141. The molecule has 2 unspecified atom stereocenters. The third-order valence-electron chi connectivity index (χ3n) is 4.59. The number of rotatable bonds is 1. The average molecular weight is 284 g/mol. The van der Waals surface area contributed by atoms with E-state index in [1.54, 1.807) is 6.07 Å². The standard InChI is InChI=1S/C15H19F3N2/c1-14(2,3)13-10-7-20(8-11(10)13)9-4-5-19-12(6-9)15(16,17)18/h4-6,10-11,13H,7-8H2,1-3H3. The molecule has 1 aliphatic heterocycles. The number of fused-ring (bicyclic) bond motifs is 1. The lowest BCUT2D eigenvalue weighted by atomic mass is 9.87. The van der Waals surface area contributed by atoms with E-state index in [4.69, 9.17) is 0 Å². The Morgan fingerprint density at radius 3 is 2.25 bits per heavy atom. The van der Waals surface area contributed by atoms with Gasteiger partial charge in [0.05, 0.1) is 0 Å². The number of piperidine rings is 1. The maximum atomic E-state index is 12.7. The summed E-state index contributed by atoms with van der Waals surface area (Å²) in [6, 6.07) is 2.84. The largest absolute Gasteiger partial charge is 0.433 e. The second-order valence-electron chi connectivity index (χ2n) is 7.02. The predicted molar refractivity (Wildman–Crippen MR) is 71.4 cm³/mol. The van der Waals surface area contributed by atoms with Crippen LogP contribution in [0.15, 0.2) is 18.3 Å². The summed E-state index contributed by atoms with van der Waals surface area (Å²) in [7, 11) is 0. The number of anilines is 1. The Labute approximate surface area is 117 Å². The fourth-order valence-corrected chi connectivity index (χ4v) is 3.79. The molecular weight excluding hydrogens is 265 g/mol. The van der Waals surface area contributed by atoms with Crippen LogP contribution in [0.2, 0.25) is 0 Å². The highest BCUT2D eigenvalue weighted by Gasteiger charge is 2.59. The topological polar surface area (TPSA) is 16.1 Å². The zero-order valence-electron chi connectivity index (χ0n) is 11.9. The Hall–Kier alpha value is -1.26. The molecular formula is C15H19F3N2. The quantitative estimate of drug-likeness (QED) is 0.779. The summed E-state index contributed by atoms with van der Waals surface area (Å²) in [6.07, 6.45) is -3.12. The van der Waals surface area contributed by atoms with Gasteiger partial charge in [0.1, 0.15) is 5.69 Å². The van der Waals surface area contributed by atoms with Gasteiger partial charge in [-0.15, -0.1) is 0 Å². The van der Waals surface area contributed by atoms with Gasteiger partial charge in [-0.3, -0.25) is 4.98 Å². The third-order valence-corrected chi connectivity index (χ3v) is 4.59. The molecule has 5 heteroatoms. The van der Waals surface area contributed by atoms with Gasteiger partial charge in [-0.25, -0.2) is 0 Å². The monoisotopic (exact) mass is 284 g/mol. The first-order valence-corrected chi connectivity index (χ1v) is 6.96. The number of pyridine rings is 1. The smallest absolute Gasteiger partial charge is 0.371 e. The zero-order chi connectivity index (χ0) is 14.7. The van der Waals surface area contributed by atoms with Crippen LogP contribution < -0.4 is 4.90 Å². The second-order valence-corrected chi connectivity index (χ2v) is 7.02. The van der Waals surface area contributed by atoms with Gasteiger partial charge < -0.3 is 4.90 Å². The molecule has 0 spiro atoms. The van der Waals surface area contributed by atoms with Gasteiger partial charge >= 0.3 is 6.18 Å². The fraction of sp³-hybridized carbons (Fsp3) is 0.667. The molecule has 110 valence electrons. The summed E-state index contributed by atoms with van der Waals surface area (Å²) in [5, 5.41) is 0. The lowest BCUT2D eigenvalue weighted by Gasteiger charge is -2.27. The maximum absolute atomic E-state index is 12.7. The van der Waals surface area contributed by atoms with E-state index in [0.717, 1.165) is 19.2 Å². The first-order chi connectivity index (χ1) is 9.18. The van der Waals surface area contributed by atoms with E-state index in [-0.39, 0.29) is 0 Å². The normalized spacial score (nSPS) is 29.5. The zero-order valence-corrected chi connectivity index (χ0v) is 11.9. The summed E-state index contributed by atoms with van der Waals surface area (Å²) < 4.78 is 38.0. The number of hydrogen-bond acceptors (Lipinski definition) is 2. The highest BCUT2D eigenvalue weighted by molar-refractivity contribution is 5.49. The van der Waals surface area contributed by atoms with Crippen LogP contribution in [-0.4, -0.2) is 18.1 Å². The molecule has 1 saturated carbocycles. The number of aromatic nitrogens is 1. The minimum Gasteiger partial charge on any atom is -0.371 e. The van der Waals surface area contributed by atoms with E-state index < -0.39 is 11.9 Å². The molecule has 1 aliphatic carbocycles. The van der Waals surface area contributed by atoms with E-state index in [1.165, 1.54) is 6.20 Å². The van der Waals surface area contributed by atoms with E-state index in [9.17, 15) is 13.2 Å². The van der Waals surface area contributed by atoms with Crippen molar-refractivity contribution in [2.75, 3.05) is 18.0 Å². The SMILES string of the molecule is CC(C)(C)C1C2CN(c3ccnc(C(F)(F)F)c3)CC21. The average Bonchev–Trinajstić information content (AvgIpc) is 2.86. The molecule has 0 aromatic carbocycles. The maximum Gasteiger partial charge on any atom is 0.433 e. The van der Waals surface area contributed by atoms with Crippen molar-refractivity contribution < 1.29 is 13.2 Å². The Bertz CT molecular complexity index is 507. The highest BCUT2D eigenvalue weighted by Crippen LogP contribution is 2.60. The summed E-state index contributed by atoms with van der Waals surface area (Å²) in [5.41, 5.74) is 0.145. The number of halogens is 3. The van der Waals surface area contributed by atoms with Crippen molar-refractivity contribution in [3.8, 4) is 0 Å². The van der Waals surface area contributed by atoms with Crippen LogP contribution in [0.4, 0.5) is 18.9 Å².